The van der Waals surface area contributed by atoms with Crippen LogP contribution >= 0.6 is 35.7 Å². The van der Waals surface area contributed by atoms with Gasteiger partial charge < -0.3 is 20.5 Å². The van der Waals surface area contributed by atoms with Gasteiger partial charge in [0.25, 0.3) is 0 Å². The van der Waals surface area contributed by atoms with Crippen LogP contribution in [0, 0.1) is 5.41 Å². The van der Waals surface area contributed by atoms with E-state index in [4.69, 9.17) is 9.73 Å². The highest BCUT2D eigenvalue weighted by Crippen LogP contribution is 2.44. The monoisotopic (exact) mass is 533 g/mol. The summed E-state index contributed by atoms with van der Waals surface area (Å²) in [6.45, 7) is 6.22. The molecule has 2 aliphatic rings. The minimum absolute atomic E-state index is 0. The summed E-state index contributed by atoms with van der Waals surface area (Å²) < 4.78 is 5.84. The number of hydrogen-bond donors (Lipinski definition) is 3. The molecule has 2 fully saturated rings. The summed E-state index contributed by atoms with van der Waals surface area (Å²) in [5.74, 6) is 0.881. The Morgan fingerprint density at radius 2 is 1.93 bits per heavy atom. The Labute approximate surface area is 196 Å². The number of aliphatic imine (C=N–C) groups is 1. The predicted molar refractivity (Wildman–Crippen MR) is 132 cm³/mol. The smallest absolute Gasteiger partial charge is 0.191 e. The molecule has 1 aliphatic heterocycles. The summed E-state index contributed by atoms with van der Waals surface area (Å²) in [4.78, 5) is 6.22. The van der Waals surface area contributed by atoms with Gasteiger partial charge in [0, 0.05) is 41.4 Å². The van der Waals surface area contributed by atoms with Crippen LogP contribution < -0.4 is 10.6 Å². The van der Waals surface area contributed by atoms with Crippen LogP contribution in [0.4, 0.5) is 0 Å². The molecule has 164 valence electrons. The van der Waals surface area contributed by atoms with E-state index in [2.05, 4.69) is 47.9 Å². The van der Waals surface area contributed by atoms with Gasteiger partial charge in [0.1, 0.15) is 0 Å². The first-order chi connectivity index (χ1) is 13.7. The van der Waals surface area contributed by atoms with Gasteiger partial charge in [-0.05, 0) is 44.7 Å². The predicted octanol–water partition coefficient (Wildman–Crippen LogP) is 4.05. The summed E-state index contributed by atoms with van der Waals surface area (Å²) in [6, 6.07) is 10.7. The van der Waals surface area contributed by atoms with Crippen molar-refractivity contribution in [3.63, 3.8) is 0 Å². The standard InChI is InChI=1S/C22H35N3O2S.HI/c1-2-23-20(24-16-21(12-14-26)13-15-27-18-21)25-17-22(10-6-7-11-22)28-19-8-4-3-5-9-19;/h3-5,8-9,26H,2,6-7,10-18H2,1H3,(H2,23,24,25);1H. The Hall–Kier alpha value is -0.510. The van der Waals surface area contributed by atoms with Gasteiger partial charge in [0.2, 0.25) is 0 Å². The second-order valence-corrected chi connectivity index (χ2v) is 9.67. The lowest BCUT2D eigenvalue weighted by Gasteiger charge is -2.30. The molecule has 7 heteroatoms. The van der Waals surface area contributed by atoms with Crippen molar-refractivity contribution < 1.29 is 9.84 Å². The van der Waals surface area contributed by atoms with Crippen molar-refractivity contribution in [3.8, 4) is 0 Å². The summed E-state index contributed by atoms with van der Waals surface area (Å²) in [6.07, 6.45) is 6.80. The molecule has 1 saturated carbocycles. The first kappa shape index (κ1) is 24.8. The Morgan fingerprint density at radius 3 is 2.55 bits per heavy atom. The molecule has 1 aliphatic carbocycles. The van der Waals surface area contributed by atoms with Gasteiger partial charge in [-0.1, -0.05) is 31.0 Å². The molecule has 1 atom stereocenters. The normalized spacial score (nSPS) is 23.6. The topological polar surface area (TPSA) is 65.9 Å². The molecule has 0 bridgehead atoms. The first-order valence-electron chi connectivity index (χ1n) is 10.6. The number of nitrogens with zero attached hydrogens (tertiary/aromatic N) is 1. The van der Waals surface area contributed by atoms with Crippen LogP contribution in [0.2, 0.25) is 0 Å². The first-order valence-corrected chi connectivity index (χ1v) is 11.5. The Morgan fingerprint density at radius 1 is 1.17 bits per heavy atom. The van der Waals surface area contributed by atoms with Crippen LogP contribution in [0.25, 0.3) is 0 Å². The maximum absolute atomic E-state index is 9.44. The number of nitrogens with one attached hydrogen (secondary N) is 2. The zero-order valence-electron chi connectivity index (χ0n) is 17.5. The number of rotatable bonds is 9. The molecular formula is C22H36IN3O2S. The van der Waals surface area contributed by atoms with E-state index in [-0.39, 0.29) is 40.7 Å². The molecule has 1 aromatic rings. The van der Waals surface area contributed by atoms with Gasteiger partial charge in [-0.3, -0.25) is 4.99 Å². The third kappa shape index (κ3) is 7.29. The highest BCUT2D eigenvalue weighted by Gasteiger charge is 2.36. The summed E-state index contributed by atoms with van der Waals surface area (Å²) >= 11 is 2.01. The zero-order chi connectivity index (χ0) is 19.7. The maximum Gasteiger partial charge on any atom is 0.191 e. The van der Waals surface area contributed by atoms with Crippen LogP contribution in [0.3, 0.4) is 0 Å². The largest absolute Gasteiger partial charge is 0.396 e. The van der Waals surface area contributed by atoms with Crippen molar-refractivity contribution in [1.82, 2.24) is 10.6 Å². The lowest BCUT2D eigenvalue weighted by atomic mass is 9.84. The minimum atomic E-state index is -0.0130. The molecular weight excluding hydrogens is 497 g/mol. The van der Waals surface area contributed by atoms with E-state index < -0.39 is 0 Å². The third-order valence-electron chi connectivity index (χ3n) is 5.91. The number of hydrogen-bond acceptors (Lipinski definition) is 4. The van der Waals surface area contributed by atoms with Crippen molar-refractivity contribution >= 4 is 41.7 Å². The fourth-order valence-electron chi connectivity index (χ4n) is 4.19. The van der Waals surface area contributed by atoms with Gasteiger partial charge in [-0.2, -0.15) is 0 Å². The average molecular weight is 534 g/mol. The molecule has 3 rings (SSSR count). The van der Waals surface area contributed by atoms with E-state index in [1.165, 1.54) is 30.6 Å². The molecule has 1 unspecified atom stereocenters. The average Bonchev–Trinajstić information content (AvgIpc) is 3.36. The fourth-order valence-corrected chi connectivity index (χ4v) is 5.62. The minimum Gasteiger partial charge on any atom is -0.396 e. The number of guanidine groups is 1. The van der Waals surface area contributed by atoms with E-state index in [9.17, 15) is 5.11 Å². The van der Waals surface area contributed by atoms with E-state index in [1.54, 1.807) is 0 Å². The number of thioether (sulfide) groups is 1. The van der Waals surface area contributed by atoms with Crippen LogP contribution in [0.15, 0.2) is 40.2 Å². The molecule has 0 radical (unpaired) electrons. The van der Waals surface area contributed by atoms with Gasteiger partial charge in [0.05, 0.1) is 13.2 Å². The highest BCUT2D eigenvalue weighted by atomic mass is 127. The zero-order valence-corrected chi connectivity index (χ0v) is 20.6. The molecule has 0 aromatic heterocycles. The van der Waals surface area contributed by atoms with E-state index in [0.29, 0.717) is 13.2 Å². The molecule has 29 heavy (non-hydrogen) atoms. The van der Waals surface area contributed by atoms with Crippen molar-refractivity contribution in [2.24, 2.45) is 10.4 Å². The van der Waals surface area contributed by atoms with Gasteiger partial charge in [0.15, 0.2) is 5.96 Å². The van der Waals surface area contributed by atoms with Crippen LogP contribution in [-0.4, -0.2) is 55.3 Å². The van der Waals surface area contributed by atoms with Crippen LogP contribution in [-0.2, 0) is 4.74 Å². The second-order valence-electron chi connectivity index (χ2n) is 8.13. The van der Waals surface area contributed by atoms with Gasteiger partial charge in [-0.15, -0.1) is 35.7 Å². The number of benzene rings is 1. The number of ether oxygens (including phenoxy) is 1. The molecule has 1 heterocycles. The Kier molecular flexibility index (Phi) is 10.6. The Bertz CT molecular complexity index is 618. The van der Waals surface area contributed by atoms with Crippen molar-refractivity contribution in [3.05, 3.63) is 30.3 Å². The summed E-state index contributed by atoms with van der Waals surface area (Å²) in [5.41, 5.74) is -0.0130. The van der Waals surface area contributed by atoms with Crippen molar-refractivity contribution in [2.75, 3.05) is 39.5 Å². The molecule has 3 N–H and O–H groups in total. The molecule has 0 amide bonds. The maximum atomic E-state index is 9.44. The number of aliphatic hydroxyl groups excluding tert-OH is 1. The lowest BCUT2D eigenvalue weighted by Crippen LogP contribution is -2.45. The SMILES string of the molecule is CCNC(=NCC1(CCO)CCOC1)NCC1(Sc2ccccc2)CCCC1.I. The number of aliphatic hydroxyl groups is 1. The van der Waals surface area contributed by atoms with Crippen molar-refractivity contribution in [2.45, 2.75) is 55.1 Å². The summed E-state index contributed by atoms with van der Waals surface area (Å²) in [5, 5.41) is 16.5. The molecule has 1 saturated heterocycles. The van der Waals surface area contributed by atoms with Crippen LogP contribution in [0.1, 0.15) is 45.4 Å². The number of halogens is 1. The third-order valence-corrected chi connectivity index (χ3v) is 7.41. The van der Waals surface area contributed by atoms with E-state index in [1.807, 2.05) is 11.8 Å². The summed E-state index contributed by atoms with van der Waals surface area (Å²) in [7, 11) is 0. The Balaban J connectivity index is 0.00000300. The second kappa shape index (κ2) is 12.4. The quantitative estimate of drug-likeness (QED) is 0.254. The lowest BCUT2D eigenvalue weighted by molar-refractivity contribution is 0.131. The van der Waals surface area contributed by atoms with Gasteiger partial charge in [-0.25, -0.2) is 0 Å². The fraction of sp³-hybridized carbons (Fsp3) is 0.682. The van der Waals surface area contributed by atoms with Crippen LogP contribution in [0.5, 0.6) is 0 Å². The van der Waals surface area contributed by atoms with Crippen molar-refractivity contribution in [1.29, 1.82) is 0 Å². The molecule has 5 nitrogen and oxygen atoms in total. The molecule has 0 spiro atoms. The molecule has 1 aromatic carbocycles. The highest BCUT2D eigenvalue weighted by molar-refractivity contribution is 14.0. The van der Waals surface area contributed by atoms with E-state index >= 15 is 0 Å². The van der Waals surface area contributed by atoms with E-state index in [0.717, 1.165) is 38.5 Å². The van der Waals surface area contributed by atoms with Gasteiger partial charge >= 0.3 is 0 Å².